The first-order valence-corrected chi connectivity index (χ1v) is 5.53. The molecular weight excluding hydrogens is 208 g/mol. The first kappa shape index (κ1) is 11.1. The molecule has 2 heterocycles. The van der Waals surface area contributed by atoms with Gasteiger partial charge in [-0.3, -0.25) is 4.79 Å². The summed E-state index contributed by atoms with van der Waals surface area (Å²) < 4.78 is 11.9. The highest BCUT2D eigenvalue weighted by atomic mass is 16.5. The summed E-state index contributed by atoms with van der Waals surface area (Å²) >= 11 is 0. The maximum atomic E-state index is 11.5. The normalized spacial score (nSPS) is 19.9. The summed E-state index contributed by atoms with van der Waals surface area (Å²) in [5.74, 6) is 0.465. The van der Waals surface area contributed by atoms with Gasteiger partial charge >= 0.3 is 0 Å². The van der Waals surface area contributed by atoms with E-state index < -0.39 is 0 Å². The van der Waals surface area contributed by atoms with Crippen molar-refractivity contribution in [3.05, 3.63) is 22.5 Å². The molecule has 88 valence electrons. The Morgan fingerprint density at radius 2 is 2.50 bits per heavy atom. The minimum Gasteiger partial charge on any atom is -0.480 e. The molecule has 1 aromatic rings. The lowest BCUT2D eigenvalue weighted by Gasteiger charge is -2.10. The fourth-order valence-electron chi connectivity index (χ4n) is 1.84. The number of aryl methyl sites for hydroxylation is 1. The van der Waals surface area contributed by atoms with Gasteiger partial charge in [0, 0.05) is 25.3 Å². The number of methoxy groups -OCH3 is 1. The van der Waals surface area contributed by atoms with Gasteiger partial charge in [0.25, 0.3) is 5.56 Å². The van der Waals surface area contributed by atoms with E-state index in [1.165, 1.54) is 17.9 Å². The molecule has 5 heteroatoms. The van der Waals surface area contributed by atoms with E-state index in [9.17, 15) is 4.79 Å². The van der Waals surface area contributed by atoms with Crippen LogP contribution in [0.5, 0.6) is 5.88 Å². The minimum absolute atomic E-state index is 0.0983. The van der Waals surface area contributed by atoms with E-state index >= 15 is 0 Å². The largest absolute Gasteiger partial charge is 0.480 e. The van der Waals surface area contributed by atoms with Gasteiger partial charge in [0.2, 0.25) is 5.88 Å². The highest BCUT2D eigenvalue weighted by Gasteiger charge is 2.15. The minimum atomic E-state index is -0.0983. The Hall–Kier alpha value is -1.36. The summed E-state index contributed by atoms with van der Waals surface area (Å²) in [5.41, 5.74) is -0.0983. The second-order valence-electron chi connectivity index (χ2n) is 3.86. The Labute approximate surface area is 94.0 Å². The molecule has 1 unspecified atom stereocenters. The number of nitrogens with zero attached hydrogens (tertiary/aromatic N) is 2. The van der Waals surface area contributed by atoms with Gasteiger partial charge in [0.05, 0.1) is 13.2 Å². The van der Waals surface area contributed by atoms with Crippen molar-refractivity contribution >= 4 is 0 Å². The van der Waals surface area contributed by atoms with Crippen molar-refractivity contribution in [1.82, 2.24) is 9.78 Å². The zero-order valence-electron chi connectivity index (χ0n) is 9.39. The van der Waals surface area contributed by atoms with Crippen molar-refractivity contribution in [2.75, 3.05) is 13.7 Å². The fourth-order valence-corrected chi connectivity index (χ4v) is 1.84. The van der Waals surface area contributed by atoms with E-state index in [4.69, 9.17) is 9.47 Å². The number of ether oxygens (including phenoxy) is 2. The van der Waals surface area contributed by atoms with E-state index in [0.717, 1.165) is 25.9 Å². The third kappa shape index (κ3) is 2.61. The lowest BCUT2D eigenvalue weighted by Crippen LogP contribution is -2.24. The molecule has 0 bridgehead atoms. The van der Waals surface area contributed by atoms with E-state index in [1.54, 1.807) is 6.07 Å². The van der Waals surface area contributed by atoms with Crippen molar-refractivity contribution < 1.29 is 9.47 Å². The Balaban J connectivity index is 1.99. The standard InChI is InChI=1S/C11H16N2O3/c1-15-10-4-5-11(14)13(12-10)7-6-9-3-2-8-16-9/h4-5,9H,2-3,6-8H2,1H3. The molecule has 2 rings (SSSR count). The van der Waals surface area contributed by atoms with Gasteiger partial charge in [-0.05, 0) is 19.3 Å². The molecule has 0 saturated carbocycles. The molecule has 1 saturated heterocycles. The first-order chi connectivity index (χ1) is 7.79. The average molecular weight is 224 g/mol. The van der Waals surface area contributed by atoms with Crippen LogP contribution in [0.3, 0.4) is 0 Å². The van der Waals surface area contributed by atoms with Gasteiger partial charge in [0.1, 0.15) is 0 Å². The molecule has 0 N–H and O–H groups in total. The predicted molar refractivity (Wildman–Crippen MR) is 58.6 cm³/mol. The second-order valence-corrected chi connectivity index (χ2v) is 3.86. The molecule has 0 aromatic carbocycles. The van der Waals surface area contributed by atoms with Gasteiger partial charge in [-0.2, -0.15) is 0 Å². The summed E-state index contributed by atoms with van der Waals surface area (Å²) in [4.78, 5) is 11.5. The lowest BCUT2D eigenvalue weighted by atomic mass is 10.2. The third-order valence-electron chi connectivity index (χ3n) is 2.74. The van der Waals surface area contributed by atoms with E-state index in [2.05, 4.69) is 5.10 Å². The van der Waals surface area contributed by atoms with Crippen molar-refractivity contribution in [1.29, 1.82) is 0 Å². The summed E-state index contributed by atoms with van der Waals surface area (Å²) in [6.45, 7) is 1.42. The Morgan fingerprint density at radius 1 is 1.62 bits per heavy atom. The molecule has 0 aliphatic carbocycles. The van der Waals surface area contributed by atoms with Crippen molar-refractivity contribution in [2.45, 2.75) is 31.9 Å². The van der Waals surface area contributed by atoms with Gasteiger partial charge in [-0.1, -0.05) is 0 Å². The monoisotopic (exact) mass is 224 g/mol. The third-order valence-corrected chi connectivity index (χ3v) is 2.74. The van der Waals surface area contributed by atoms with Crippen LogP contribution in [0.4, 0.5) is 0 Å². The molecule has 0 spiro atoms. The molecule has 0 amide bonds. The molecule has 1 fully saturated rings. The SMILES string of the molecule is COc1ccc(=O)n(CCC2CCCO2)n1. The molecule has 1 aliphatic rings. The zero-order valence-corrected chi connectivity index (χ0v) is 9.39. The fraction of sp³-hybridized carbons (Fsp3) is 0.636. The van der Waals surface area contributed by atoms with E-state index in [1.807, 2.05) is 0 Å². The van der Waals surface area contributed by atoms with Crippen LogP contribution in [-0.2, 0) is 11.3 Å². The summed E-state index contributed by atoms with van der Waals surface area (Å²) in [7, 11) is 1.54. The van der Waals surface area contributed by atoms with Gasteiger partial charge in [-0.15, -0.1) is 5.10 Å². The number of rotatable bonds is 4. The number of hydrogen-bond donors (Lipinski definition) is 0. The topological polar surface area (TPSA) is 53.4 Å². The lowest BCUT2D eigenvalue weighted by molar-refractivity contribution is 0.0988. The quantitative estimate of drug-likeness (QED) is 0.759. The molecule has 0 radical (unpaired) electrons. The van der Waals surface area contributed by atoms with E-state index in [0.29, 0.717) is 12.4 Å². The van der Waals surface area contributed by atoms with Crippen LogP contribution in [0.15, 0.2) is 16.9 Å². The first-order valence-electron chi connectivity index (χ1n) is 5.53. The average Bonchev–Trinajstić information content (AvgIpc) is 2.81. The molecular formula is C11H16N2O3. The molecule has 1 atom stereocenters. The highest BCUT2D eigenvalue weighted by Crippen LogP contribution is 2.15. The summed E-state index contributed by atoms with van der Waals surface area (Å²) in [5, 5.41) is 4.08. The van der Waals surface area contributed by atoms with Crippen LogP contribution in [0.2, 0.25) is 0 Å². The maximum absolute atomic E-state index is 11.5. The van der Waals surface area contributed by atoms with Crippen molar-refractivity contribution in [3.63, 3.8) is 0 Å². The van der Waals surface area contributed by atoms with Crippen LogP contribution in [0.25, 0.3) is 0 Å². The molecule has 1 aliphatic heterocycles. The predicted octanol–water partition coefficient (Wildman–Crippen LogP) is 0.821. The number of hydrogen-bond acceptors (Lipinski definition) is 4. The van der Waals surface area contributed by atoms with Crippen molar-refractivity contribution in [2.24, 2.45) is 0 Å². The summed E-state index contributed by atoms with van der Waals surface area (Å²) in [6, 6.07) is 3.05. The Kier molecular flexibility index (Phi) is 3.56. The molecule has 1 aromatic heterocycles. The number of aromatic nitrogens is 2. The van der Waals surface area contributed by atoms with Crippen LogP contribution in [0, 0.1) is 0 Å². The molecule has 16 heavy (non-hydrogen) atoms. The smallest absolute Gasteiger partial charge is 0.266 e. The van der Waals surface area contributed by atoms with Gasteiger partial charge in [-0.25, -0.2) is 4.68 Å². The Morgan fingerprint density at radius 3 is 3.19 bits per heavy atom. The maximum Gasteiger partial charge on any atom is 0.266 e. The Bertz CT molecular complexity index is 396. The van der Waals surface area contributed by atoms with E-state index in [-0.39, 0.29) is 11.7 Å². The van der Waals surface area contributed by atoms with Gasteiger partial charge in [0.15, 0.2) is 0 Å². The van der Waals surface area contributed by atoms with Crippen LogP contribution < -0.4 is 10.3 Å². The van der Waals surface area contributed by atoms with Crippen LogP contribution >= 0.6 is 0 Å². The summed E-state index contributed by atoms with van der Waals surface area (Å²) in [6.07, 6.45) is 3.31. The van der Waals surface area contributed by atoms with Crippen LogP contribution in [0.1, 0.15) is 19.3 Å². The van der Waals surface area contributed by atoms with Crippen LogP contribution in [-0.4, -0.2) is 29.6 Å². The van der Waals surface area contributed by atoms with Gasteiger partial charge < -0.3 is 9.47 Å². The molecule has 5 nitrogen and oxygen atoms in total. The zero-order chi connectivity index (χ0) is 11.4. The second kappa shape index (κ2) is 5.12. The van der Waals surface area contributed by atoms with Crippen molar-refractivity contribution in [3.8, 4) is 5.88 Å². The highest BCUT2D eigenvalue weighted by molar-refractivity contribution is 5.05.